The van der Waals surface area contributed by atoms with Crippen molar-refractivity contribution in [1.29, 1.82) is 0 Å². The maximum absolute atomic E-state index is 12.5. The number of ketones is 1. The molecular weight excluding hydrogens is 324 g/mol. The van der Waals surface area contributed by atoms with Crippen molar-refractivity contribution in [3.05, 3.63) is 35.7 Å². The largest absolute Gasteiger partial charge is 0.335 e. The molecule has 5 nitrogen and oxygen atoms in total. The third-order valence-electron chi connectivity index (χ3n) is 4.27. The molecule has 0 fully saturated rings. The zero-order valence-corrected chi connectivity index (χ0v) is 16.8. The zero-order chi connectivity index (χ0) is 19.3. The van der Waals surface area contributed by atoms with Crippen LogP contribution < -0.4 is 0 Å². The molecule has 0 unspecified atom stereocenters. The summed E-state index contributed by atoms with van der Waals surface area (Å²) in [4.78, 5) is 25.3. The van der Waals surface area contributed by atoms with Crippen LogP contribution in [0, 0.1) is 10.8 Å². The first kappa shape index (κ1) is 18.4. The number of benzene rings is 1. The smallest absolute Gasteiger partial charge is 0.176 e. The molecule has 2 aromatic heterocycles. The van der Waals surface area contributed by atoms with E-state index in [1.807, 2.05) is 50.6 Å². The number of hydrogen-bond acceptors (Lipinski definition) is 3. The molecule has 26 heavy (non-hydrogen) atoms. The first-order valence-corrected chi connectivity index (χ1v) is 9.01. The van der Waals surface area contributed by atoms with E-state index in [-0.39, 0.29) is 11.2 Å². The number of hydrogen-bond donors (Lipinski definition) is 1. The Morgan fingerprint density at radius 1 is 1.12 bits per heavy atom. The van der Waals surface area contributed by atoms with Crippen LogP contribution in [0.25, 0.3) is 22.7 Å². The van der Waals surface area contributed by atoms with Gasteiger partial charge in [-0.15, -0.1) is 0 Å². The number of nitrogens with zero attached hydrogens (tertiary/aromatic N) is 3. The van der Waals surface area contributed by atoms with E-state index in [0.29, 0.717) is 5.56 Å². The lowest BCUT2D eigenvalue weighted by atomic mass is 9.86. The molecule has 0 radical (unpaired) electrons. The van der Waals surface area contributed by atoms with Crippen LogP contribution in [0.5, 0.6) is 0 Å². The number of carbonyl (C=O) groups is 1. The van der Waals surface area contributed by atoms with Crippen molar-refractivity contribution >= 4 is 16.8 Å². The topological polar surface area (TPSA) is 63.6 Å². The van der Waals surface area contributed by atoms with Crippen molar-refractivity contribution in [2.24, 2.45) is 17.9 Å². The van der Waals surface area contributed by atoms with E-state index in [1.165, 1.54) is 0 Å². The maximum atomic E-state index is 12.5. The summed E-state index contributed by atoms with van der Waals surface area (Å²) in [6, 6.07) is 5.63. The number of carbonyl (C=O) groups excluding carboxylic acids is 1. The number of aromatic amines is 1. The van der Waals surface area contributed by atoms with Crippen molar-refractivity contribution < 1.29 is 4.79 Å². The van der Waals surface area contributed by atoms with Crippen molar-refractivity contribution in [2.45, 2.75) is 48.0 Å². The van der Waals surface area contributed by atoms with Crippen molar-refractivity contribution in [3.8, 4) is 11.6 Å². The van der Waals surface area contributed by atoms with Crippen LogP contribution in [0.2, 0.25) is 0 Å². The second-order valence-electron chi connectivity index (χ2n) is 9.30. The van der Waals surface area contributed by atoms with E-state index in [2.05, 4.69) is 36.9 Å². The predicted molar refractivity (Wildman–Crippen MR) is 105 cm³/mol. The van der Waals surface area contributed by atoms with E-state index in [0.717, 1.165) is 34.8 Å². The van der Waals surface area contributed by atoms with E-state index < -0.39 is 5.41 Å². The molecule has 1 aromatic carbocycles. The minimum Gasteiger partial charge on any atom is -0.335 e. The lowest BCUT2D eigenvalue weighted by Crippen LogP contribution is -2.19. The number of imidazole rings is 2. The number of rotatable bonds is 3. The highest BCUT2D eigenvalue weighted by molar-refractivity contribution is 6.02. The van der Waals surface area contributed by atoms with Gasteiger partial charge in [-0.1, -0.05) is 41.5 Å². The Morgan fingerprint density at radius 2 is 1.81 bits per heavy atom. The molecule has 0 amide bonds. The van der Waals surface area contributed by atoms with Crippen LogP contribution in [0.4, 0.5) is 0 Å². The lowest BCUT2D eigenvalue weighted by molar-refractivity contribution is 0.0858. The molecule has 138 valence electrons. The fraction of sp³-hybridized carbons (Fsp3) is 0.476. The summed E-state index contributed by atoms with van der Waals surface area (Å²) in [7, 11) is 1.98. The van der Waals surface area contributed by atoms with Gasteiger partial charge in [0.2, 0.25) is 0 Å². The van der Waals surface area contributed by atoms with Crippen LogP contribution in [-0.2, 0) is 13.5 Å². The maximum Gasteiger partial charge on any atom is 0.176 e. The Balaban J connectivity index is 1.99. The van der Waals surface area contributed by atoms with Gasteiger partial charge in [-0.05, 0) is 30.0 Å². The fourth-order valence-electron chi connectivity index (χ4n) is 3.07. The second kappa shape index (κ2) is 6.08. The van der Waals surface area contributed by atoms with Gasteiger partial charge in [-0.3, -0.25) is 4.79 Å². The monoisotopic (exact) mass is 352 g/mol. The number of fused-ring (bicyclic) bond motifs is 1. The zero-order valence-electron chi connectivity index (χ0n) is 16.8. The Labute approximate surface area is 154 Å². The van der Waals surface area contributed by atoms with Gasteiger partial charge >= 0.3 is 0 Å². The Kier molecular flexibility index (Phi) is 4.29. The molecule has 3 rings (SSSR count). The number of H-pyrrole nitrogens is 1. The van der Waals surface area contributed by atoms with E-state index in [4.69, 9.17) is 4.98 Å². The third kappa shape index (κ3) is 3.71. The molecule has 0 bridgehead atoms. The molecule has 0 spiro atoms. The summed E-state index contributed by atoms with van der Waals surface area (Å²) in [5.41, 5.74) is 3.23. The summed E-state index contributed by atoms with van der Waals surface area (Å²) in [5.74, 6) is 1.66. The van der Waals surface area contributed by atoms with Crippen LogP contribution in [0.15, 0.2) is 24.4 Å². The number of aromatic nitrogens is 4. The molecule has 0 saturated heterocycles. The highest BCUT2D eigenvalue weighted by Gasteiger charge is 2.23. The number of nitrogens with one attached hydrogen (secondary N) is 1. The predicted octanol–water partition coefficient (Wildman–Crippen LogP) is 4.78. The van der Waals surface area contributed by atoms with Gasteiger partial charge < -0.3 is 9.55 Å². The normalized spacial score (nSPS) is 12.7. The van der Waals surface area contributed by atoms with Gasteiger partial charge in [-0.25, -0.2) is 9.97 Å². The Hall–Kier alpha value is -2.43. The van der Waals surface area contributed by atoms with Gasteiger partial charge in [0.05, 0.1) is 16.7 Å². The molecule has 5 heteroatoms. The first-order chi connectivity index (χ1) is 11.9. The Morgan fingerprint density at radius 3 is 2.42 bits per heavy atom. The molecule has 0 aliphatic heterocycles. The van der Waals surface area contributed by atoms with Crippen molar-refractivity contribution in [2.75, 3.05) is 0 Å². The summed E-state index contributed by atoms with van der Waals surface area (Å²) in [5, 5.41) is 0. The molecular formula is C21H28N4O. The molecule has 0 atom stereocenters. The van der Waals surface area contributed by atoms with Gasteiger partial charge in [0.15, 0.2) is 17.4 Å². The molecule has 3 aromatic rings. The standard InChI is InChI=1S/C21H28N4O/c1-20(2,3)11-14-12-25(7)19(22-14)18-23-15-9-8-13(10-16(15)24-18)17(26)21(4,5)6/h8-10,12H,11H2,1-7H3,(H,23,24). The Bertz CT molecular complexity index is 964. The van der Waals surface area contributed by atoms with Crippen LogP contribution in [-0.4, -0.2) is 25.3 Å². The van der Waals surface area contributed by atoms with Crippen LogP contribution >= 0.6 is 0 Å². The minimum atomic E-state index is -0.405. The number of Topliss-reactive ketones (excluding diaryl/α,β-unsaturated/α-hetero) is 1. The summed E-state index contributed by atoms with van der Waals surface area (Å²) >= 11 is 0. The van der Waals surface area contributed by atoms with Crippen LogP contribution in [0.3, 0.4) is 0 Å². The quantitative estimate of drug-likeness (QED) is 0.690. The highest BCUT2D eigenvalue weighted by atomic mass is 16.1. The van der Waals surface area contributed by atoms with Crippen molar-refractivity contribution in [1.82, 2.24) is 19.5 Å². The van der Waals surface area contributed by atoms with Gasteiger partial charge in [-0.2, -0.15) is 0 Å². The molecule has 0 aliphatic carbocycles. The molecule has 2 heterocycles. The van der Waals surface area contributed by atoms with E-state index in [9.17, 15) is 4.79 Å². The summed E-state index contributed by atoms with van der Waals surface area (Å²) in [6.45, 7) is 12.4. The summed E-state index contributed by atoms with van der Waals surface area (Å²) in [6.07, 6.45) is 2.97. The highest BCUT2D eigenvalue weighted by Crippen LogP contribution is 2.26. The van der Waals surface area contributed by atoms with E-state index in [1.54, 1.807) is 0 Å². The SMILES string of the molecule is Cn1cc(CC(C)(C)C)nc1-c1nc2ccc(C(=O)C(C)(C)C)cc2[nH]1. The average molecular weight is 352 g/mol. The van der Waals surface area contributed by atoms with Crippen molar-refractivity contribution in [3.63, 3.8) is 0 Å². The van der Waals surface area contributed by atoms with Crippen LogP contribution in [0.1, 0.15) is 57.6 Å². The van der Waals surface area contributed by atoms with Gasteiger partial charge in [0.1, 0.15) is 0 Å². The number of aryl methyl sites for hydroxylation is 1. The molecule has 1 N–H and O–H groups in total. The minimum absolute atomic E-state index is 0.125. The van der Waals surface area contributed by atoms with Gasteiger partial charge in [0, 0.05) is 24.2 Å². The second-order valence-corrected chi connectivity index (χ2v) is 9.30. The van der Waals surface area contributed by atoms with E-state index >= 15 is 0 Å². The average Bonchev–Trinajstić information content (AvgIpc) is 3.05. The van der Waals surface area contributed by atoms with Gasteiger partial charge in [0.25, 0.3) is 0 Å². The lowest BCUT2D eigenvalue weighted by Gasteiger charge is -2.16. The molecule has 0 aliphatic rings. The summed E-state index contributed by atoms with van der Waals surface area (Å²) < 4.78 is 2.00. The third-order valence-corrected chi connectivity index (χ3v) is 4.27. The first-order valence-electron chi connectivity index (χ1n) is 9.01. The molecule has 0 saturated carbocycles. The fourth-order valence-corrected chi connectivity index (χ4v) is 3.07.